The molecule has 1 aliphatic rings. The van der Waals surface area contributed by atoms with Gasteiger partial charge in [-0.3, -0.25) is 0 Å². The average Bonchev–Trinajstić information content (AvgIpc) is 2.95. The number of nitrogens with one attached hydrogen (secondary N) is 2. The summed E-state index contributed by atoms with van der Waals surface area (Å²) in [6, 6.07) is 11.6. The molecule has 2 aromatic rings. The first kappa shape index (κ1) is 15.2. The fraction of sp³-hybridized carbons (Fsp3) is 0.294. The van der Waals surface area contributed by atoms with Crippen LogP contribution < -0.4 is 10.0 Å². The molecule has 2 N–H and O–H groups in total. The van der Waals surface area contributed by atoms with E-state index in [1.54, 1.807) is 6.07 Å². The van der Waals surface area contributed by atoms with Gasteiger partial charge in [0.05, 0.1) is 4.90 Å². The van der Waals surface area contributed by atoms with Gasteiger partial charge in [0.2, 0.25) is 10.0 Å². The molecule has 116 valence electrons. The van der Waals surface area contributed by atoms with Crippen LogP contribution in [0.3, 0.4) is 0 Å². The van der Waals surface area contributed by atoms with Crippen LogP contribution in [0.25, 0.3) is 0 Å². The molecule has 5 heteroatoms. The molecule has 0 atom stereocenters. The minimum atomic E-state index is -3.49. The van der Waals surface area contributed by atoms with E-state index in [1.165, 1.54) is 11.1 Å². The summed E-state index contributed by atoms with van der Waals surface area (Å²) in [5.41, 5.74) is 5.23. The Labute approximate surface area is 131 Å². The quantitative estimate of drug-likeness (QED) is 0.910. The van der Waals surface area contributed by atoms with Gasteiger partial charge in [-0.15, -0.1) is 0 Å². The van der Waals surface area contributed by atoms with Crippen LogP contribution >= 0.6 is 0 Å². The number of hydrogen-bond donors (Lipinski definition) is 2. The molecular formula is C17H20N2O2S. The molecule has 0 saturated heterocycles. The van der Waals surface area contributed by atoms with Gasteiger partial charge in [0.15, 0.2) is 0 Å². The number of fused-ring (bicyclic) bond motifs is 1. The molecule has 0 bridgehead atoms. The second-order valence-electron chi connectivity index (χ2n) is 5.80. The van der Waals surface area contributed by atoms with Crippen molar-refractivity contribution in [2.75, 3.05) is 0 Å². The van der Waals surface area contributed by atoms with Crippen LogP contribution in [0.1, 0.15) is 27.8 Å². The topological polar surface area (TPSA) is 58.2 Å². The maximum Gasteiger partial charge on any atom is 0.241 e. The van der Waals surface area contributed by atoms with E-state index in [2.05, 4.69) is 22.2 Å². The zero-order valence-corrected chi connectivity index (χ0v) is 13.6. The Balaban J connectivity index is 1.79. The Hall–Kier alpha value is -1.69. The standard InChI is InChI=1S/C17H20N2O2S/c1-12-3-4-13(2)17(7-12)22(20,21)19-9-14-5-6-15-10-18-11-16(15)8-14/h3-8,18-19H,9-11H2,1-2H3. The van der Waals surface area contributed by atoms with Crippen LogP contribution in [0.5, 0.6) is 0 Å². The predicted octanol–water partition coefficient (Wildman–Crippen LogP) is 2.39. The lowest BCUT2D eigenvalue weighted by Crippen LogP contribution is -2.24. The summed E-state index contributed by atoms with van der Waals surface area (Å²) in [5.74, 6) is 0. The first-order valence-electron chi connectivity index (χ1n) is 7.34. The van der Waals surface area contributed by atoms with E-state index in [9.17, 15) is 8.42 Å². The van der Waals surface area contributed by atoms with Crippen LogP contribution in [-0.4, -0.2) is 8.42 Å². The van der Waals surface area contributed by atoms with Gasteiger partial charge in [-0.25, -0.2) is 13.1 Å². The van der Waals surface area contributed by atoms with Gasteiger partial charge in [0.1, 0.15) is 0 Å². The zero-order valence-electron chi connectivity index (χ0n) is 12.8. The smallest absolute Gasteiger partial charge is 0.241 e. The number of benzene rings is 2. The van der Waals surface area contributed by atoms with Crippen molar-refractivity contribution in [3.05, 3.63) is 64.2 Å². The molecule has 0 unspecified atom stereocenters. The van der Waals surface area contributed by atoms with E-state index in [0.717, 1.165) is 29.8 Å². The van der Waals surface area contributed by atoms with Crippen LogP contribution in [0.4, 0.5) is 0 Å². The fourth-order valence-electron chi connectivity index (χ4n) is 2.71. The van der Waals surface area contributed by atoms with E-state index in [0.29, 0.717) is 11.4 Å². The first-order valence-corrected chi connectivity index (χ1v) is 8.82. The van der Waals surface area contributed by atoms with Crippen LogP contribution in [0.15, 0.2) is 41.3 Å². The molecule has 3 rings (SSSR count). The van der Waals surface area contributed by atoms with E-state index in [1.807, 2.05) is 32.0 Å². The highest BCUT2D eigenvalue weighted by Crippen LogP contribution is 2.19. The van der Waals surface area contributed by atoms with Gasteiger partial charge < -0.3 is 5.32 Å². The van der Waals surface area contributed by atoms with Crippen molar-refractivity contribution in [2.24, 2.45) is 0 Å². The largest absolute Gasteiger partial charge is 0.309 e. The van der Waals surface area contributed by atoms with Crippen molar-refractivity contribution in [3.63, 3.8) is 0 Å². The molecule has 2 aromatic carbocycles. The lowest BCUT2D eigenvalue weighted by molar-refractivity contribution is 0.580. The number of rotatable bonds is 4. The summed E-state index contributed by atoms with van der Waals surface area (Å²) in [7, 11) is -3.49. The van der Waals surface area contributed by atoms with Crippen molar-refractivity contribution in [2.45, 2.75) is 38.4 Å². The van der Waals surface area contributed by atoms with Crippen molar-refractivity contribution in [3.8, 4) is 0 Å². The van der Waals surface area contributed by atoms with Gasteiger partial charge in [-0.1, -0.05) is 30.3 Å². The normalized spacial score (nSPS) is 14.1. The van der Waals surface area contributed by atoms with Crippen molar-refractivity contribution >= 4 is 10.0 Å². The zero-order chi connectivity index (χ0) is 15.7. The van der Waals surface area contributed by atoms with E-state index < -0.39 is 10.0 Å². The molecule has 0 fully saturated rings. The summed E-state index contributed by atoms with van der Waals surface area (Å²) < 4.78 is 27.7. The molecule has 0 aromatic heterocycles. The van der Waals surface area contributed by atoms with E-state index in [4.69, 9.17) is 0 Å². The highest BCUT2D eigenvalue weighted by Gasteiger charge is 2.17. The van der Waals surface area contributed by atoms with Gasteiger partial charge >= 0.3 is 0 Å². The van der Waals surface area contributed by atoms with Gasteiger partial charge in [-0.2, -0.15) is 0 Å². The summed E-state index contributed by atoms with van der Waals surface area (Å²) >= 11 is 0. The molecule has 0 saturated carbocycles. The van der Waals surface area contributed by atoms with Crippen molar-refractivity contribution in [1.29, 1.82) is 0 Å². The molecule has 0 radical (unpaired) electrons. The highest BCUT2D eigenvalue weighted by atomic mass is 32.2. The highest BCUT2D eigenvalue weighted by molar-refractivity contribution is 7.89. The molecule has 22 heavy (non-hydrogen) atoms. The summed E-state index contributed by atoms with van der Waals surface area (Å²) in [6.45, 7) is 5.76. The Bertz CT molecular complexity index is 813. The predicted molar refractivity (Wildman–Crippen MR) is 86.9 cm³/mol. The third kappa shape index (κ3) is 3.06. The molecule has 0 spiro atoms. The molecule has 1 heterocycles. The van der Waals surface area contributed by atoms with E-state index >= 15 is 0 Å². The first-order chi connectivity index (χ1) is 10.5. The number of hydrogen-bond acceptors (Lipinski definition) is 3. The van der Waals surface area contributed by atoms with Crippen LogP contribution in [0, 0.1) is 13.8 Å². The van der Waals surface area contributed by atoms with E-state index in [-0.39, 0.29) is 0 Å². The third-order valence-electron chi connectivity index (χ3n) is 4.00. The second kappa shape index (κ2) is 5.83. The van der Waals surface area contributed by atoms with Gasteiger partial charge in [0.25, 0.3) is 0 Å². The fourth-order valence-corrected chi connectivity index (χ4v) is 4.06. The summed E-state index contributed by atoms with van der Waals surface area (Å²) in [6.07, 6.45) is 0. The monoisotopic (exact) mass is 316 g/mol. The Morgan fingerprint density at radius 1 is 1.05 bits per heavy atom. The van der Waals surface area contributed by atoms with Gasteiger partial charge in [0, 0.05) is 19.6 Å². The molecule has 0 amide bonds. The molecule has 4 nitrogen and oxygen atoms in total. The summed E-state index contributed by atoms with van der Waals surface area (Å²) in [4.78, 5) is 0.357. The maximum absolute atomic E-state index is 12.5. The van der Waals surface area contributed by atoms with Crippen LogP contribution in [-0.2, 0) is 29.7 Å². The van der Waals surface area contributed by atoms with Crippen molar-refractivity contribution < 1.29 is 8.42 Å². The maximum atomic E-state index is 12.5. The van der Waals surface area contributed by atoms with Crippen molar-refractivity contribution in [1.82, 2.24) is 10.0 Å². The molecule has 1 aliphatic heterocycles. The Kier molecular flexibility index (Phi) is 4.04. The number of sulfonamides is 1. The SMILES string of the molecule is Cc1ccc(C)c(S(=O)(=O)NCc2ccc3c(c2)CNC3)c1. The number of aryl methyl sites for hydroxylation is 2. The average molecular weight is 316 g/mol. The Morgan fingerprint density at radius 3 is 2.64 bits per heavy atom. The summed E-state index contributed by atoms with van der Waals surface area (Å²) in [5, 5.41) is 3.29. The lowest BCUT2D eigenvalue weighted by Gasteiger charge is -2.11. The lowest BCUT2D eigenvalue weighted by atomic mass is 10.1. The minimum Gasteiger partial charge on any atom is -0.309 e. The third-order valence-corrected chi connectivity index (χ3v) is 5.54. The Morgan fingerprint density at radius 2 is 1.82 bits per heavy atom. The molecule has 0 aliphatic carbocycles. The van der Waals surface area contributed by atoms with Crippen LogP contribution in [0.2, 0.25) is 0 Å². The second-order valence-corrected chi connectivity index (χ2v) is 7.54. The van der Waals surface area contributed by atoms with Gasteiger partial charge in [-0.05, 0) is 47.7 Å². The molecular weight excluding hydrogens is 296 g/mol. The minimum absolute atomic E-state index is 0.309.